The molecule has 11 nitrogen and oxygen atoms in total. The summed E-state index contributed by atoms with van der Waals surface area (Å²) in [5.41, 5.74) is 3.91. The molecule has 0 saturated carbocycles. The highest BCUT2D eigenvalue weighted by molar-refractivity contribution is 6.07. The first-order valence-electron chi connectivity index (χ1n) is 13.4. The number of ether oxygens (including phenoxy) is 1. The molecular weight excluding hydrogens is 546 g/mol. The molecule has 0 aliphatic heterocycles. The number of rotatable bonds is 7. The zero-order valence-electron chi connectivity index (χ0n) is 23.2. The monoisotopic (exact) mass is 573 g/mol. The molecule has 4 aromatic carbocycles. The Morgan fingerprint density at radius 1 is 0.837 bits per heavy atom. The molecule has 0 radical (unpaired) electrons. The Morgan fingerprint density at radius 3 is 2.40 bits per heavy atom. The highest BCUT2D eigenvalue weighted by atomic mass is 16.5. The molecule has 43 heavy (non-hydrogen) atoms. The molecule has 0 bridgehead atoms. The fourth-order valence-corrected chi connectivity index (χ4v) is 4.56. The van der Waals surface area contributed by atoms with Crippen LogP contribution in [0.4, 0.5) is 27.9 Å². The van der Waals surface area contributed by atoms with Crippen LogP contribution in [0.25, 0.3) is 16.5 Å². The molecule has 5 N–H and O–H groups in total. The number of nitrogens with one attached hydrogen (secondary N) is 3. The largest absolute Gasteiger partial charge is 0.508 e. The van der Waals surface area contributed by atoms with E-state index in [2.05, 4.69) is 31.0 Å². The van der Waals surface area contributed by atoms with Crippen molar-refractivity contribution in [2.75, 3.05) is 16.0 Å². The van der Waals surface area contributed by atoms with Gasteiger partial charge in [0.05, 0.1) is 11.4 Å². The van der Waals surface area contributed by atoms with Gasteiger partial charge in [0.15, 0.2) is 0 Å². The number of phenols is 1. The third-order valence-electron chi connectivity index (χ3n) is 6.65. The average Bonchev–Trinajstić information content (AvgIpc) is 3.36. The summed E-state index contributed by atoms with van der Waals surface area (Å²) in [6, 6.07) is 26.0. The van der Waals surface area contributed by atoms with Crippen LogP contribution in [-0.4, -0.2) is 36.0 Å². The highest BCUT2D eigenvalue weighted by Crippen LogP contribution is 2.34. The number of nitrogens with zero attached hydrogens (tertiary/aromatic N) is 4. The second kappa shape index (κ2) is 11.4. The Labute approximate surface area is 246 Å². The molecule has 0 atom stereocenters. The van der Waals surface area contributed by atoms with Crippen molar-refractivity contribution in [2.45, 2.75) is 13.8 Å². The number of benzene rings is 4. The van der Waals surface area contributed by atoms with Crippen LogP contribution in [0, 0.1) is 13.8 Å². The molecule has 0 saturated heterocycles. The van der Waals surface area contributed by atoms with Crippen LogP contribution in [0.15, 0.2) is 97.2 Å². The van der Waals surface area contributed by atoms with Crippen molar-refractivity contribution in [1.29, 1.82) is 0 Å². The van der Waals surface area contributed by atoms with Crippen LogP contribution in [0.1, 0.15) is 11.1 Å². The normalized spacial score (nSPS) is 10.8. The van der Waals surface area contributed by atoms with E-state index in [1.807, 2.05) is 62.4 Å². The van der Waals surface area contributed by atoms with Gasteiger partial charge in [-0.25, -0.2) is 14.5 Å². The molecular formula is C32H27N7O4. The van der Waals surface area contributed by atoms with Crippen molar-refractivity contribution in [1.82, 2.24) is 19.7 Å². The van der Waals surface area contributed by atoms with E-state index < -0.39 is 6.03 Å². The standard InChI is InChI=1S/C32H27N7O4/c1-19-7-9-21(10-8-19)39-28(18-29(41)38-39)36-32(42)35-26-13-14-27(24-6-4-3-5-23(24)26)43-30-15-16-33-31(37-30)34-25-12-11-22(40)17-20(25)2/h3-18,40H,1-2H3,(H,38,41)(H,33,34,37)(H2,35,36,42). The number of carbonyl (C=O) groups is 1. The fraction of sp³-hybridized carbons (Fsp3) is 0.0625. The lowest BCUT2D eigenvalue weighted by Gasteiger charge is -2.14. The summed E-state index contributed by atoms with van der Waals surface area (Å²) in [5, 5.41) is 34.1. The number of hydrogen-bond donors (Lipinski definition) is 5. The molecule has 2 amide bonds. The summed E-state index contributed by atoms with van der Waals surface area (Å²) in [6.07, 6.45) is 1.59. The molecule has 0 spiro atoms. The molecule has 6 rings (SSSR count). The van der Waals surface area contributed by atoms with Gasteiger partial charge in [-0.3, -0.25) is 5.32 Å². The van der Waals surface area contributed by atoms with E-state index in [4.69, 9.17) is 4.74 Å². The van der Waals surface area contributed by atoms with Crippen LogP contribution in [-0.2, 0) is 0 Å². The summed E-state index contributed by atoms with van der Waals surface area (Å²) in [5.74, 6) is 1.46. The van der Waals surface area contributed by atoms with Gasteiger partial charge in [-0.2, -0.15) is 4.98 Å². The van der Waals surface area contributed by atoms with Crippen molar-refractivity contribution in [3.05, 3.63) is 108 Å². The van der Waals surface area contributed by atoms with Gasteiger partial charge >= 0.3 is 6.03 Å². The molecule has 11 heteroatoms. The Hall–Kier alpha value is -6.10. The lowest BCUT2D eigenvalue weighted by molar-refractivity contribution is 0.262. The van der Waals surface area contributed by atoms with Crippen molar-refractivity contribution < 1.29 is 19.7 Å². The predicted octanol–water partition coefficient (Wildman–Crippen LogP) is 7.02. The first kappa shape index (κ1) is 27.1. The average molecular weight is 574 g/mol. The Balaban J connectivity index is 1.21. The maximum absolute atomic E-state index is 13.1. The van der Waals surface area contributed by atoms with E-state index in [9.17, 15) is 15.0 Å². The predicted molar refractivity (Wildman–Crippen MR) is 165 cm³/mol. The summed E-state index contributed by atoms with van der Waals surface area (Å²) >= 11 is 0. The van der Waals surface area contributed by atoms with E-state index in [0.717, 1.165) is 27.6 Å². The quantitative estimate of drug-likeness (QED) is 0.128. The molecule has 0 aliphatic rings. The van der Waals surface area contributed by atoms with Crippen LogP contribution in [0.3, 0.4) is 0 Å². The zero-order chi connectivity index (χ0) is 29.9. The van der Waals surface area contributed by atoms with Gasteiger partial charge in [-0.1, -0.05) is 42.0 Å². The van der Waals surface area contributed by atoms with Crippen molar-refractivity contribution in [3.8, 4) is 28.9 Å². The second-order valence-corrected chi connectivity index (χ2v) is 9.82. The number of amides is 2. The van der Waals surface area contributed by atoms with E-state index in [1.165, 1.54) is 10.7 Å². The Kier molecular flexibility index (Phi) is 7.19. The van der Waals surface area contributed by atoms with Gasteiger partial charge in [-0.05, 0) is 61.9 Å². The smallest absolute Gasteiger partial charge is 0.324 e. The molecule has 0 fully saturated rings. The number of phenolic OH excluding ortho intramolecular Hbond substituents is 1. The first-order chi connectivity index (χ1) is 20.8. The third kappa shape index (κ3) is 6.00. The topological polar surface area (TPSA) is 146 Å². The highest BCUT2D eigenvalue weighted by Gasteiger charge is 2.15. The SMILES string of the molecule is Cc1ccc(-n2nc(O)cc2NC(=O)Nc2ccc(Oc3ccnc(Nc4ccc(O)cc4C)n3)c3ccccc23)cc1. The molecule has 6 aromatic rings. The lowest BCUT2D eigenvalue weighted by atomic mass is 10.1. The number of aromatic nitrogens is 4. The molecule has 2 heterocycles. The fourth-order valence-electron chi connectivity index (χ4n) is 4.56. The van der Waals surface area contributed by atoms with Crippen molar-refractivity contribution in [3.63, 3.8) is 0 Å². The number of anilines is 4. The summed E-state index contributed by atoms with van der Waals surface area (Å²) in [6.45, 7) is 3.84. The van der Waals surface area contributed by atoms with E-state index in [-0.39, 0.29) is 11.6 Å². The van der Waals surface area contributed by atoms with Crippen molar-refractivity contribution in [2.24, 2.45) is 0 Å². The molecule has 2 aromatic heterocycles. The van der Waals surface area contributed by atoms with Gasteiger partial charge in [0.2, 0.25) is 17.7 Å². The number of carbonyl (C=O) groups excluding carboxylic acids is 1. The Bertz CT molecular complexity index is 1950. The van der Waals surface area contributed by atoms with Crippen molar-refractivity contribution >= 4 is 39.9 Å². The van der Waals surface area contributed by atoms with Gasteiger partial charge in [0, 0.05) is 34.8 Å². The molecule has 0 unspecified atom stereocenters. The van der Waals surface area contributed by atoms with Gasteiger partial charge in [0.25, 0.3) is 0 Å². The van der Waals surface area contributed by atoms with Crippen LogP contribution >= 0.6 is 0 Å². The van der Waals surface area contributed by atoms with Gasteiger partial charge in [0.1, 0.15) is 17.3 Å². The van der Waals surface area contributed by atoms with E-state index in [0.29, 0.717) is 34.8 Å². The maximum atomic E-state index is 13.1. The van der Waals surface area contributed by atoms with E-state index in [1.54, 1.807) is 42.6 Å². The number of hydrogen-bond acceptors (Lipinski definition) is 8. The molecule has 214 valence electrons. The Morgan fingerprint density at radius 2 is 1.60 bits per heavy atom. The summed E-state index contributed by atoms with van der Waals surface area (Å²) < 4.78 is 7.61. The lowest BCUT2D eigenvalue weighted by Crippen LogP contribution is -2.21. The minimum absolute atomic E-state index is 0.177. The number of aryl methyl sites for hydroxylation is 2. The van der Waals surface area contributed by atoms with Crippen LogP contribution in [0.2, 0.25) is 0 Å². The number of fused-ring (bicyclic) bond motifs is 1. The zero-order valence-corrected chi connectivity index (χ0v) is 23.2. The summed E-state index contributed by atoms with van der Waals surface area (Å²) in [7, 11) is 0. The number of urea groups is 1. The first-order valence-corrected chi connectivity index (χ1v) is 13.4. The third-order valence-corrected chi connectivity index (χ3v) is 6.65. The van der Waals surface area contributed by atoms with Gasteiger partial charge < -0.3 is 25.6 Å². The van der Waals surface area contributed by atoms with Gasteiger partial charge in [-0.15, -0.1) is 5.10 Å². The minimum atomic E-state index is -0.511. The van der Waals surface area contributed by atoms with Crippen LogP contribution in [0.5, 0.6) is 23.3 Å². The number of aromatic hydroxyl groups is 2. The minimum Gasteiger partial charge on any atom is -0.508 e. The summed E-state index contributed by atoms with van der Waals surface area (Å²) in [4.78, 5) is 21.8. The molecule has 0 aliphatic carbocycles. The van der Waals surface area contributed by atoms with E-state index >= 15 is 0 Å². The second-order valence-electron chi connectivity index (χ2n) is 9.82. The van der Waals surface area contributed by atoms with Crippen LogP contribution < -0.4 is 20.7 Å². The maximum Gasteiger partial charge on any atom is 0.324 e.